The lowest BCUT2D eigenvalue weighted by Crippen LogP contribution is -2.38. The highest BCUT2D eigenvalue weighted by Crippen LogP contribution is 2.10. The van der Waals surface area contributed by atoms with E-state index in [0.29, 0.717) is 12.4 Å². The Kier molecular flexibility index (Phi) is 5.25. The first kappa shape index (κ1) is 13.0. The van der Waals surface area contributed by atoms with E-state index >= 15 is 0 Å². The van der Waals surface area contributed by atoms with Crippen LogP contribution in [0.15, 0.2) is 22.8 Å². The zero-order valence-electron chi connectivity index (χ0n) is 9.46. The van der Waals surface area contributed by atoms with Crippen molar-refractivity contribution in [3.8, 4) is 0 Å². The van der Waals surface area contributed by atoms with E-state index in [4.69, 9.17) is 0 Å². The number of halogens is 1. The number of hydrogen-bond acceptors (Lipinski definition) is 3. The predicted octanol–water partition coefficient (Wildman–Crippen LogP) is 2.17. The van der Waals surface area contributed by atoms with E-state index in [0.717, 1.165) is 11.0 Å². The van der Waals surface area contributed by atoms with Crippen LogP contribution in [0, 0.1) is 0 Å². The van der Waals surface area contributed by atoms with Crippen LogP contribution in [0.5, 0.6) is 0 Å². The van der Waals surface area contributed by atoms with E-state index in [2.05, 4.69) is 31.5 Å². The van der Waals surface area contributed by atoms with Crippen LogP contribution in [-0.4, -0.2) is 23.5 Å². The molecule has 4 nitrogen and oxygen atoms in total. The molecule has 0 radical (unpaired) electrons. The molecule has 1 aromatic rings. The van der Waals surface area contributed by atoms with Crippen molar-refractivity contribution in [3.05, 3.63) is 22.8 Å². The molecule has 2 N–H and O–H groups in total. The molecule has 0 aliphatic carbocycles. The second kappa shape index (κ2) is 6.48. The summed E-state index contributed by atoms with van der Waals surface area (Å²) in [6, 6.07) is 5.26. The van der Waals surface area contributed by atoms with Gasteiger partial charge < -0.3 is 10.6 Å². The van der Waals surface area contributed by atoms with Crippen molar-refractivity contribution in [2.75, 3.05) is 11.9 Å². The Morgan fingerprint density at radius 1 is 1.56 bits per heavy atom. The van der Waals surface area contributed by atoms with Crippen LogP contribution >= 0.6 is 15.9 Å². The van der Waals surface area contributed by atoms with E-state index in [9.17, 15) is 4.79 Å². The van der Waals surface area contributed by atoms with E-state index in [1.165, 1.54) is 0 Å². The number of carbonyl (C=O) groups excluding carboxylic acids is 1. The minimum absolute atomic E-state index is 0.0105. The fraction of sp³-hybridized carbons (Fsp3) is 0.455. The first-order chi connectivity index (χ1) is 7.63. The molecule has 0 fully saturated rings. The van der Waals surface area contributed by atoms with Crippen molar-refractivity contribution in [3.63, 3.8) is 0 Å². The summed E-state index contributed by atoms with van der Waals surface area (Å²) in [5.74, 6) is 0.678. The SMILES string of the molecule is CCCNC(=O)C(C)Nc1cccc(Br)n1. The molecule has 0 bridgehead atoms. The molecule has 0 saturated carbocycles. The standard InChI is InChI=1S/C11H16BrN3O/c1-3-7-13-11(16)8(2)14-10-6-4-5-9(12)15-10/h4-6,8H,3,7H2,1-2H3,(H,13,16)(H,14,15). The molecular formula is C11H16BrN3O. The van der Waals surface area contributed by atoms with Gasteiger partial charge in [0.2, 0.25) is 5.91 Å². The second-order valence-electron chi connectivity index (χ2n) is 3.50. The Morgan fingerprint density at radius 2 is 2.31 bits per heavy atom. The molecule has 0 aliphatic heterocycles. The monoisotopic (exact) mass is 285 g/mol. The van der Waals surface area contributed by atoms with Crippen molar-refractivity contribution in [1.82, 2.24) is 10.3 Å². The number of amides is 1. The van der Waals surface area contributed by atoms with Gasteiger partial charge in [0.25, 0.3) is 0 Å². The molecule has 1 unspecified atom stereocenters. The normalized spacial score (nSPS) is 11.9. The highest BCUT2D eigenvalue weighted by molar-refractivity contribution is 9.10. The summed E-state index contributed by atoms with van der Waals surface area (Å²) < 4.78 is 0.749. The molecule has 88 valence electrons. The Bertz CT molecular complexity index is 357. The van der Waals surface area contributed by atoms with Crippen LogP contribution in [-0.2, 0) is 4.79 Å². The average Bonchev–Trinajstić information content (AvgIpc) is 2.25. The Balaban J connectivity index is 2.50. The maximum absolute atomic E-state index is 11.6. The summed E-state index contributed by atoms with van der Waals surface area (Å²) in [7, 11) is 0. The third-order valence-electron chi connectivity index (χ3n) is 2.02. The van der Waals surface area contributed by atoms with Crippen LogP contribution in [0.3, 0.4) is 0 Å². The average molecular weight is 286 g/mol. The lowest BCUT2D eigenvalue weighted by Gasteiger charge is -2.14. The van der Waals surface area contributed by atoms with Crippen molar-refractivity contribution in [2.45, 2.75) is 26.3 Å². The summed E-state index contributed by atoms with van der Waals surface area (Å²) in [6.45, 7) is 4.54. The van der Waals surface area contributed by atoms with E-state index < -0.39 is 0 Å². The first-order valence-corrected chi connectivity index (χ1v) is 6.09. The summed E-state index contributed by atoms with van der Waals surface area (Å²) in [4.78, 5) is 15.8. The maximum Gasteiger partial charge on any atom is 0.242 e. The highest BCUT2D eigenvalue weighted by Gasteiger charge is 2.11. The van der Waals surface area contributed by atoms with Gasteiger partial charge >= 0.3 is 0 Å². The van der Waals surface area contributed by atoms with Gasteiger partial charge in [0.05, 0.1) is 0 Å². The number of nitrogens with zero attached hydrogens (tertiary/aromatic N) is 1. The molecule has 0 aliphatic rings. The maximum atomic E-state index is 11.6. The third kappa shape index (κ3) is 4.18. The highest BCUT2D eigenvalue weighted by atomic mass is 79.9. The van der Waals surface area contributed by atoms with Crippen LogP contribution in [0.1, 0.15) is 20.3 Å². The molecule has 1 aromatic heterocycles. The number of hydrogen-bond donors (Lipinski definition) is 2. The van der Waals surface area contributed by atoms with Gasteiger partial charge in [0.1, 0.15) is 16.5 Å². The summed E-state index contributed by atoms with van der Waals surface area (Å²) in [5, 5.41) is 5.86. The number of carbonyl (C=O) groups is 1. The minimum Gasteiger partial charge on any atom is -0.359 e. The van der Waals surface area contributed by atoms with E-state index in [-0.39, 0.29) is 11.9 Å². The summed E-state index contributed by atoms with van der Waals surface area (Å²) in [5.41, 5.74) is 0. The summed E-state index contributed by atoms with van der Waals surface area (Å²) >= 11 is 3.28. The van der Waals surface area contributed by atoms with Crippen LogP contribution < -0.4 is 10.6 Å². The Hall–Kier alpha value is -1.10. The van der Waals surface area contributed by atoms with Gasteiger partial charge in [0.15, 0.2) is 0 Å². The molecule has 1 heterocycles. The molecule has 5 heteroatoms. The molecule has 16 heavy (non-hydrogen) atoms. The smallest absolute Gasteiger partial charge is 0.242 e. The van der Waals surface area contributed by atoms with Gasteiger partial charge in [0, 0.05) is 6.54 Å². The molecule has 0 saturated heterocycles. The summed E-state index contributed by atoms with van der Waals surface area (Å²) in [6.07, 6.45) is 0.938. The van der Waals surface area contributed by atoms with Gasteiger partial charge in [-0.15, -0.1) is 0 Å². The largest absolute Gasteiger partial charge is 0.359 e. The van der Waals surface area contributed by atoms with E-state index in [1.807, 2.05) is 32.0 Å². The number of rotatable bonds is 5. The van der Waals surface area contributed by atoms with Gasteiger partial charge in [-0.05, 0) is 41.4 Å². The Labute approximate surface area is 104 Å². The predicted molar refractivity (Wildman–Crippen MR) is 68.3 cm³/mol. The molecule has 0 aromatic carbocycles. The van der Waals surface area contributed by atoms with Crippen molar-refractivity contribution in [1.29, 1.82) is 0 Å². The van der Waals surface area contributed by atoms with Gasteiger partial charge in [-0.2, -0.15) is 0 Å². The van der Waals surface area contributed by atoms with Crippen molar-refractivity contribution < 1.29 is 4.79 Å². The minimum atomic E-state index is -0.284. The van der Waals surface area contributed by atoms with Crippen molar-refractivity contribution >= 4 is 27.7 Å². The zero-order chi connectivity index (χ0) is 12.0. The molecule has 0 spiro atoms. The quantitative estimate of drug-likeness (QED) is 0.816. The van der Waals surface area contributed by atoms with E-state index in [1.54, 1.807) is 0 Å². The Morgan fingerprint density at radius 3 is 2.94 bits per heavy atom. The topological polar surface area (TPSA) is 54.0 Å². The van der Waals surface area contributed by atoms with Crippen LogP contribution in [0.2, 0.25) is 0 Å². The first-order valence-electron chi connectivity index (χ1n) is 5.30. The fourth-order valence-corrected chi connectivity index (χ4v) is 1.52. The number of pyridine rings is 1. The van der Waals surface area contributed by atoms with Gasteiger partial charge in [-0.25, -0.2) is 4.98 Å². The van der Waals surface area contributed by atoms with Gasteiger partial charge in [-0.1, -0.05) is 13.0 Å². The lowest BCUT2D eigenvalue weighted by molar-refractivity contribution is -0.121. The molecule has 1 atom stereocenters. The number of nitrogens with one attached hydrogen (secondary N) is 2. The molecule has 1 amide bonds. The number of aromatic nitrogens is 1. The van der Waals surface area contributed by atoms with Crippen molar-refractivity contribution in [2.24, 2.45) is 0 Å². The molecule has 1 rings (SSSR count). The van der Waals surface area contributed by atoms with Crippen LogP contribution in [0.4, 0.5) is 5.82 Å². The van der Waals surface area contributed by atoms with Gasteiger partial charge in [-0.3, -0.25) is 4.79 Å². The van der Waals surface area contributed by atoms with Crippen LogP contribution in [0.25, 0.3) is 0 Å². The second-order valence-corrected chi connectivity index (χ2v) is 4.32. The fourth-order valence-electron chi connectivity index (χ4n) is 1.18. The third-order valence-corrected chi connectivity index (χ3v) is 2.46. The lowest BCUT2D eigenvalue weighted by atomic mass is 10.3. The molecular weight excluding hydrogens is 270 g/mol. The zero-order valence-corrected chi connectivity index (χ0v) is 11.0. The number of anilines is 1.